The second-order valence-electron chi connectivity index (χ2n) is 7.26. The molecule has 0 atom stereocenters. The number of nitrogens with zero attached hydrogens (tertiary/aromatic N) is 1. The van der Waals surface area contributed by atoms with Crippen LogP contribution in [0, 0.1) is 12.8 Å². The molecule has 27 heavy (non-hydrogen) atoms. The fourth-order valence-electron chi connectivity index (χ4n) is 3.16. The number of aryl methyl sites for hydroxylation is 1. The Morgan fingerprint density at radius 2 is 1.78 bits per heavy atom. The standard InChI is InChI=1S/C21H26N2O3S/c1-16-6-8-19(9-7-16)22-15-21(24)18-4-3-5-20(14-18)27(25,26)23-12-10-17(2)11-13-23/h3-9,14,17,22H,10-13,15H2,1-2H3. The van der Waals surface area contributed by atoms with Gasteiger partial charge in [-0.25, -0.2) is 8.42 Å². The fourth-order valence-corrected chi connectivity index (χ4v) is 4.68. The van der Waals surface area contributed by atoms with E-state index in [0.717, 1.165) is 24.1 Å². The molecule has 0 spiro atoms. The summed E-state index contributed by atoms with van der Waals surface area (Å²) in [4.78, 5) is 12.7. The Kier molecular flexibility index (Phi) is 5.97. The summed E-state index contributed by atoms with van der Waals surface area (Å²) in [7, 11) is -3.55. The van der Waals surface area contributed by atoms with Crippen molar-refractivity contribution in [2.45, 2.75) is 31.6 Å². The minimum absolute atomic E-state index is 0.119. The van der Waals surface area contributed by atoms with E-state index in [-0.39, 0.29) is 17.2 Å². The molecule has 3 rings (SSSR count). The van der Waals surface area contributed by atoms with Crippen molar-refractivity contribution in [2.24, 2.45) is 5.92 Å². The summed E-state index contributed by atoms with van der Waals surface area (Å²) in [5.41, 5.74) is 2.41. The van der Waals surface area contributed by atoms with Crippen molar-refractivity contribution in [3.05, 3.63) is 59.7 Å². The number of ketones is 1. The van der Waals surface area contributed by atoms with E-state index in [1.807, 2.05) is 31.2 Å². The SMILES string of the molecule is Cc1ccc(NCC(=O)c2cccc(S(=O)(=O)N3CCC(C)CC3)c2)cc1. The van der Waals surface area contributed by atoms with Gasteiger partial charge in [0, 0.05) is 24.3 Å². The number of benzene rings is 2. The summed E-state index contributed by atoms with van der Waals surface area (Å²) in [5.74, 6) is 0.414. The fraction of sp³-hybridized carbons (Fsp3) is 0.381. The predicted octanol–water partition coefficient (Wildman–Crippen LogP) is 3.71. The Morgan fingerprint density at radius 1 is 1.11 bits per heavy atom. The van der Waals surface area contributed by atoms with Gasteiger partial charge in [0.1, 0.15) is 0 Å². The summed E-state index contributed by atoms with van der Waals surface area (Å²) in [6.07, 6.45) is 1.75. The minimum atomic E-state index is -3.55. The number of nitrogens with one attached hydrogen (secondary N) is 1. The molecule has 1 N–H and O–H groups in total. The maximum absolute atomic E-state index is 12.9. The molecular weight excluding hydrogens is 360 g/mol. The molecule has 0 aliphatic carbocycles. The van der Waals surface area contributed by atoms with Crippen LogP contribution in [0.5, 0.6) is 0 Å². The van der Waals surface area contributed by atoms with E-state index in [0.29, 0.717) is 24.6 Å². The molecule has 6 heteroatoms. The lowest BCUT2D eigenvalue weighted by Gasteiger charge is -2.29. The smallest absolute Gasteiger partial charge is 0.243 e. The van der Waals surface area contributed by atoms with Crippen LogP contribution in [0.1, 0.15) is 35.7 Å². The molecule has 0 bridgehead atoms. The number of hydrogen-bond donors (Lipinski definition) is 1. The van der Waals surface area contributed by atoms with Crippen molar-refractivity contribution in [1.82, 2.24) is 4.31 Å². The molecule has 0 unspecified atom stereocenters. The van der Waals surface area contributed by atoms with Gasteiger partial charge in [0.2, 0.25) is 10.0 Å². The van der Waals surface area contributed by atoms with Gasteiger partial charge in [-0.05, 0) is 49.9 Å². The van der Waals surface area contributed by atoms with Crippen LogP contribution < -0.4 is 5.32 Å². The second-order valence-corrected chi connectivity index (χ2v) is 9.20. The van der Waals surface area contributed by atoms with Crippen molar-refractivity contribution in [2.75, 3.05) is 25.0 Å². The Labute approximate surface area is 161 Å². The molecule has 2 aromatic carbocycles. The average Bonchev–Trinajstić information content (AvgIpc) is 2.68. The molecule has 0 amide bonds. The lowest BCUT2D eigenvalue weighted by Crippen LogP contribution is -2.37. The summed E-state index contributed by atoms with van der Waals surface area (Å²) < 4.78 is 27.3. The third-order valence-electron chi connectivity index (χ3n) is 5.04. The van der Waals surface area contributed by atoms with Crippen LogP contribution in [0.4, 0.5) is 5.69 Å². The van der Waals surface area contributed by atoms with E-state index in [4.69, 9.17) is 0 Å². The maximum Gasteiger partial charge on any atom is 0.243 e. The number of piperidine rings is 1. The molecule has 2 aromatic rings. The van der Waals surface area contributed by atoms with E-state index in [1.54, 1.807) is 18.2 Å². The first-order valence-electron chi connectivity index (χ1n) is 9.30. The Morgan fingerprint density at radius 3 is 2.44 bits per heavy atom. The highest BCUT2D eigenvalue weighted by atomic mass is 32.2. The molecule has 144 valence electrons. The molecule has 1 saturated heterocycles. The van der Waals surface area contributed by atoms with Crippen LogP contribution in [0.2, 0.25) is 0 Å². The molecule has 0 aromatic heterocycles. The Balaban J connectivity index is 1.70. The molecule has 5 nitrogen and oxygen atoms in total. The van der Waals surface area contributed by atoms with Crippen LogP contribution in [-0.2, 0) is 10.0 Å². The monoisotopic (exact) mass is 386 g/mol. The van der Waals surface area contributed by atoms with Gasteiger partial charge < -0.3 is 5.32 Å². The average molecular weight is 387 g/mol. The molecule has 1 aliphatic heterocycles. The molecule has 0 radical (unpaired) electrons. The van der Waals surface area contributed by atoms with Crippen molar-refractivity contribution in [3.63, 3.8) is 0 Å². The first-order valence-corrected chi connectivity index (χ1v) is 10.7. The number of rotatable bonds is 6. The lowest BCUT2D eigenvalue weighted by molar-refractivity contribution is 0.101. The van der Waals surface area contributed by atoms with E-state index in [9.17, 15) is 13.2 Å². The number of sulfonamides is 1. The lowest BCUT2D eigenvalue weighted by atomic mass is 10.0. The van der Waals surface area contributed by atoms with Crippen molar-refractivity contribution < 1.29 is 13.2 Å². The zero-order valence-corrected chi connectivity index (χ0v) is 16.6. The summed E-state index contributed by atoms with van der Waals surface area (Å²) in [6, 6.07) is 14.1. The van der Waals surface area contributed by atoms with Crippen LogP contribution in [0.15, 0.2) is 53.4 Å². The Hall–Kier alpha value is -2.18. The number of anilines is 1. The zero-order chi connectivity index (χ0) is 19.4. The van der Waals surface area contributed by atoms with Crippen LogP contribution in [0.3, 0.4) is 0 Å². The summed E-state index contributed by atoms with van der Waals surface area (Å²) in [6.45, 7) is 5.34. The topological polar surface area (TPSA) is 66.5 Å². The predicted molar refractivity (Wildman–Crippen MR) is 108 cm³/mol. The number of carbonyl (C=O) groups excluding carboxylic acids is 1. The van der Waals surface area contributed by atoms with Crippen LogP contribution in [-0.4, -0.2) is 38.1 Å². The summed E-state index contributed by atoms with van der Waals surface area (Å²) >= 11 is 0. The van der Waals surface area contributed by atoms with Gasteiger partial charge >= 0.3 is 0 Å². The van der Waals surface area contributed by atoms with E-state index in [2.05, 4.69) is 12.2 Å². The third kappa shape index (κ3) is 4.76. The van der Waals surface area contributed by atoms with Crippen LogP contribution in [0.25, 0.3) is 0 Å². The van der Waals surface area contributed by atoms with Gasteiger partial charge in [0.25, 0.3) is 0 Å². The first kappa shape index (κ1) is 19.6. The van der Waals surface area contributed by atoms with Gasteiger partial charge in [-0.2, -0.15) is 4.31 Å². The van der Waals surface area contributed by atoms with Crippen molar-refractivity contribution >= 4 is 21.5 Å². The molecule has 1 aliphatic rings. The highest BCUT2D eigenvalue weighted by Crippen LogP contribution is 2.24. The Bertz CT molecular complexity index is 899. The highest BCUT2D eigenvalue weighted by Gasteiger charge is 2.28. The number of carbonyl (C=O) groups is 1. The quantitative estimate of drug-likeness (QED) is 0.769. The van der Waals surface area contributed by atoms with Gasteiger partial charge in [-0.3, -0.25) is 4.79 Å². The van der Waals surface area contributed by atoms with Crippen LogP contribution >= 0.6 is 0 Å². The maximum atomic E-state index is 12.9. The minimum Gasteiger partial charge on any atom is -0.378 e. The second kappa shape index (κ2) is 8.23. The van der Waals surface area contributed by atoms with Gasteiger partial charge in [0.15, 0.2) is 5.78 Å². The molecular formula is C21H26N2O3S. The van der Waals surface area contributed by atoms with E-state index >= 15 is 0 Å². The highest BCUT2D eigenvalue weighted by molar-refractivity contribution is 7.89. The zero-order valence-electron chi connectivity index (χ0n) is 15.8. The molecule has 1 heterocycles. The van der Waals surface area contributed by atoms with Gasteiger partial charge in [-0.1, -0.05) is 36.8 Å². The van der Waals surface area contributed by atoms with E-state index in [1.165, 1.54) is 10.4 Å². The van der Waals surface area contributed by atoms with Gasteiger partial charge in [0.05, 0.1) is 11.4 Å². The normalized spacial score (nSPS) is 16.2. The number of hydrogen-bond acceptors (Lipinski definition) is 4. The first-order chi connectivity index (χ1) is 12.9. The third-order valence-corrected chi connectivity index (χ3v) is 6.94. The van der Waals surface area contributed by atoms with Crippen molar-refractivity contribution in [1.29, 1.82) is 0 Å². The largest absolute Gasteiger partial charge is 0.378 e. The number of Topliss-reactive ketones (excluding diaryl/α,β-unsaturated/α-hetero) is 1. The van der Waals surface area contributed by atoms with Crippen molar-refractivity contribution in [3.8, 4) is 0 Å². The van der Waals surface area contributed by atoms with E-state index < -0.39 is 10.0 Å². The van der Waals surface area contributed by atoms with Gasteiger partial charge in [-0.15, -0.1) is 0 Å². The summed E-state index contributed by atoms with van der Waals surface area (Å²) in [5, 5.41) is 3.09. The molecule has 0 saturated carbocycles. The molecule has 1 fully saturated rings.